The maximum absolute atomic E-state index is 11.0. The highest BCUT2D eigenvalue weighted by atomic mass is 16.6. The number of likely N-dealkylation sites (N-methyl/N-ethyl adjacent to an activating group) is 1. The van der Waals surface area contributed by atoms with Crippen LogP contribution in [-0.4, -0.2) is 67.5 Å². The lowest BCUT2D eigenvalue weighted by Gasteiger charge is -2.18. The second kappa shape index (κ2) is 22.1. The molecule has 0 aliphatic carbocycles. The molecule has 1 rings (SSSR count). The number of unbranched alkanes of at least 4 members (excludes halogenated alkanes) is 4. The molecule has 0 radical (unpaired) electrons. The third kappa shape index (κ3) is 24.5. The number of ether oxygens (including phenoxy) is 2. The Morgan fingerprint density at radius 2 is 1.71 bits per heavy atom. The molecule has 1 aliphatic rings. The number of allylic oxidation sites excluding steroid dienone is 2. The molecule has 1 atom stereocenters. The van der Waals surface area contributed by atoms with Crippen molar-refractivity contribution in [3.63, 3.8) is 0 Å². The highest BCUT2D eigenvalue weighted by molar-refractivity contribution is 5.80. The van der Waals surface area contributed by atoms with Gasteiger partial charge in [-0.05, 0) is 79.8 Å². The van der Waals surface area contributed by atoms with Gasteiger partial charge in [0, 0.05) is 6.42 Å². The van der Waals surface area contributed by atoms with E-state index in [2.05, 4.69) is 24.4 Å². The summed E-state index contributed by atoms with van der Waals surface area (Å²) in [5, 5.41) is 2.26. The standard InChI is InChI=1S/C13H24O2.C7H13NO3.C6H12N2O/c1-3-5-6-7-8-9-10-11-12-13(14)15-4-2;1-7(2,3)11-6(10)8-4-5-9;1-8-4-2-3-5(8)6(7)9/h8-9H,3-7,10-12H2,1-2H3;5H,4H2,1-3H3,(H,8,10);5H,2-4H2,1H3,(H2,7,9)/b9-8-;;. The molecule has 9 nitrogen and oxygen atoms in total. The molecule has 0 spiro atoms. The molecule has 204 valence electrons. The topological polar surface area (TPSA) is 128 Å². The van der Waals surface area contributed by atoms with Crippen LogP contribution in [0.15, 0.2) is 12.2 Å². The quantitative estimate of drug-likeness (QED) is 0.179. The molecule has 1 fully saturated rings. The molecule has 2 amide bonds. The monoisotopic (exact) mass is 499 g/mol. The molecule has 0 aromatic heterocycles. The number of alkyl carbamates (subject to hydrolysis) is 1. The molecule has 3 N–H and O–H groups in total. The number of likely N-dealkylation sites (tertiary alicyclic amines) is 1. The maximum Gasteiger partial charge on any atom is 0.408 e. The number of hydrogen-bond acceptors (Lipinski definition) is 7. The minimum atomic E-state index is -0.565. The fourth-order valence-electron chi connectivity index (χ4n) is 3.05. The Morgan fingerprint density at radius 3 is 2.14 bits per heavy atom. The van der Waals surface area contributed by atoms with E-state index in [9.17, 15) is 19.2 Å². The van der Waals surface area contributed by atoms with Crippen molar-refractivity contribution in [1.82, 2.24) is 10.2 Å². The Hall–Kier alpha value is -2.42. The average molecular weight is 500 g/mol. The van der Waals surface area contributed by atoms with Gasteiger partial charge in [0.05, 0.1) is 19.2 Å². The van der Waals surface area contributed by atoms with Crippen LogP contribution in [0.2, 0.25) is 0 Å². The summed E-state index contributed by atoms with van der Waals surface area (Å²) in [6.07, 6.45) is 14.0. The zero-order valence-electron chi connectivity index (χ0n) is 22.8. The number of esters is 1. The fourth-order valence-corrected chi connectivity index (χ4v) is 3.05. The third-order valence-electron chi connectivity index (χ3n) is 4.78. The van der Waals surface area contributed by atoms with Gasteiger partial charge in [-0.25, -0.2) is 4.79 Å². The fraction of sp³-hybridized carbons (Fsp3) is 0.769. The lowest BCUT2D eigenvalue weighted by atomic mass is 10.1. The Balaban J connectivity index is 0. The minimum Gasteiger partial charge on any atom is -0.466 e. The molecule has 0 bridgehead atoms. The molecule has 0 aromatic carbocycles. The predicted octanol–water partition coefficient (Wildman–Crippen LogP) is 4.13. The molecular formula is C26H49N3O6. The number of nitrogens with one attached hydrogen (secondary N) is 1. The molecule has 0 aromatic rings. The van der Waals surface area contributed by atoms with Crippen molar-refractivity contribution in [3.05, 3.63) is 12.2 Å². The summed E-state index contributed by atoms with van der Waals surface area (Å²) >= 11 is 0. The number of aldehydes is 1. The Morgan fingerprint density at radius 1 is 1.09 bits per heavy atom. The van der Waals surface area contributed by atoms with Crippen LogP contribution >= 0.6 is 0 Å². The van der Waals surface area contributed by atoms with E-state index < -0.39 is 11.7 Å². The zero-order chi connectivity index (χ0) is 27.1. The van der Waals surface area contributed by atoms with Crippen LogP contribution in [0, 0.1) is 0 Å². The molecule has 0 saturated carbocycles. The predicted molar refractivity (Wildman–Crippen MR) is 139 cm³/mol. The van der Waals surface area contributed by atoms with Gasteiger partial charge in [0.25, 0.3) is 0 Å². The number of nitrogens with two attached hydrogens (primary N) is 1. The smallest absolute Gasteiger partial charge is 0.408 e. The molecule has 35 heavy (non-hydrogen) atoms. The summed E-state index contributed by atoms with van der Waals surface area (Å²) in [5.41, 5.74) is 4.60. The Bertz CT molecular complexity index is 617. The lowest BCUT2D eigenvalue weighted by molar-refractivity contribution is -0.143. The van der Waals surface area contributed by atoms with Crippen molar-refractivity contribution in [2.24, 2.45) is 5.73 Å². The van der Waals surface area contributed by atoms with Crippen LogP contribution in [0.25, 0.3) is 0 Å². The van der Waals surface area contributed by atoms with Gasteiger partial charge < -0.3 is 25.3 Å². The van der Waals surface area contributed by atoms with Gasteiger partial charge in [-0.2, -0.15) is 0 Å². The van der Waals surface area contributed by atoms with E-state index in [1.54, 1.807) is 20.8 Å². The Kier molecular flexibility index (Phi) is 21.9. The van der Waals surface area contributed by atoms with Crippen LogP contribution in [0.4, 0.5) is 4.79 Å². The van der Waals surface area contributed by atoms with Crippen LogP contribution in [0.1, 0.15) is 92.4 Å². The number of nitrogens with zero attached hydrogens (tertiary/aromatic N) is 1. The van der Waals surface area contributed by atoms with E-state index in [1.807, 2.05) is 18.9 Å². The largest absolute Gasteiger partial charge is 0.466 e. The van der Waals surface area contributed by atoms with Crippen molar-refractivity contribution in [3.8, 4) is 0 Å². The summed E-state index contributed by atoms with van der Waals surface area (Å²) in [6, 6.07) is 0.00463. The van der Waals surface area contributed by atoms with Gasteiger partial charge in [0.1, 0.15) is 11.9 Å². The number of amides is 2. The Labute approximate surface area is 212 Å². The van der Waals surface area contributed by atoms with E-state index in [4.69, 9.17) is 15.2 Å². The van der Waals surface area contributed by atoms with Crippen molar-refractivity contribution in [1.29, 1.82) is 0 Å². The molecule has 1 aliphatic heterocycles. The molecule has 1 heterocycles. The van der Waals surface area contributed by atoms with E-state index in [1.165, 1.54) is 25.7 Å². The molecular weight excluding hydrogens is 450 g/mol. The van der Waals surface area contributed by atoms with Gasteiger partial charge in [0.15, 0.2) is 0 Å². The second-order valence-corrected chi connectivity index (χ2v) is 9.25. The summed E-state index contributed by atoms with van der Waals surface area (Å²) in [7, 11) is 1.93. The first kappa shape index (κ1) is 34.7. The summed E-state index contributed by atoms with van der Waals surface area (Å²) < 4.78 is 9.67. The van der Waals surface area contributed by atoms with Crippen molar-refractivity contribution in [2.75, 3.05) is 26.7 Å². The van der Waals surface area contributed by atoms with Crippen LogP contribution < -0.4 is 11.1 Å². The number of carbonyl (C=O) groups excluding carboxylic acids is 4. The summed E-state index contributed by atoms with van der Waals surface area (Å²) in [6.45, 7) is 10.8. The van der Waals surface area contributed by atoms with E-state index in [0.29, 0.717) is 19.3 Å². The van der Waals surface area contributed by atoms with E-state index >= 15 is 0 Å². The number of carbonyl (C=O) groups is 4. The second-order valence-electron chi connectivity index (χ2n) is 9.25. The number of hydrogen-bond donors (Lipinski definition) is 2. The van der Waals surface area contributed by atoms with Crippen LogP contribution in [0.5, 0.6) is 0 Å². The van der Waals surface area contributed by atoms with E-state index in [-0.39, 0.29) is 24.5 Å². The third-order valence-corrected chi connectivity index (χ3v) is 4.78. The SMILES string of the molecule is CC(C)(C)OC(=O)NCC=O.CCCCC/C=C\CCCC(=O)OCC.CN1CCCC1C(N)=O. The van der Waals surface area contributed by atoms with Gasteiger partial charge in [-0.15, -0.1) is 0 Å². The molecule has 1 saturated heterocycles. The first-order valence-corrected chi connectivity index (χ1v) is 12.7. The van der Waals surface area contributed by atoms with Crippen LogP contribution in [0.3, 0.4) is 0 Å². The molecule has 1 unspecified atom stereocenters. The summed E-state index contributed by atoms with van der Waals surface area (Å²) in [4.78, 5) is 44.1. The van der Waals surface area contributed by atoms with Crippen molar-refractivity contribution < 1.29 is 28.7 Å². The highest BCUT2D eigenvalue weighted by Gasteiger charge is 2.25. The number of rotatable bonds is 12. The normalized spacial score (nSPS) is 15.3. The molecule has 9 heteroatoms. The first-order chi connectivity index (χ1) is 16.5. The van der Waals surface area contributed by atoms with Crippen molar-refractivity contribution >= 4 is 24.3 Å². The lowest BCUT2D eigenvalue weighted by Crippen LogP contribution is -2.37. The van der Waals surface area contributed by atoms with Crippen LogP contribution in [-0.2, 0) is 23.9 Å². The number of primary amides is 1. The maximum atomic E-state index is 11.0. The van der Waals surface area contributed by atoms with Gasteiger partial charge in [-0.3, -0.25) is 14.5 Å². The van der Waals surface area contributed by atoms with Crippen molar-refractivity contribution in [2.45, 2.75) is 104 Å². The first-order valence-electron chi connectivity index (χ1n) is 12.7. The summed E-state index contributed by atoms with van der Waals surface area (Å²) in [5.74, 6) is -0.258. The van der Waals surface area contributed by atoms with Gasteiger partial charge in [0.2, 0.25) is 5.91 Å². The van der Waals surface area contributed by atoms with Gasteiger partial charge >= 0.3 is 12.1 Å². The van der Waals surface area contributed by atoms with E-state index in [0.717, 1.165) is 32.2 Å². The van der Waals surface area contributed by atoms with Gasteiger partial charge in [-0.1, -0.05) is 31.9 Å². The zero-order valence-corrected chi connectivity index (χ0v) is 22.8. The minimum absolute atomic E-state index is 0.00463. The highest BCUT2D eigenvalue weighted by Crippen LogP contribution is 2.13. The average Bonchev–Trinajstić information content (AvgIpc) is 3.20.